The van der Waals surface area contributed by atoms with Gasteiger partial charge < -0.3 is 29.7 Å². The maximum Gasteiger partial charge on any atom is 0.293 e. The van der Waals surface area contributed by atoms with Gasteiger partial charge >= 0.3 is 0 Å². The molecular weight excluding hydrogens is 604 g/mol. The zero-order chi connectivity index (χ0) is 29.4. The van der Waals surface area contributed by atoms with E-state index in [0.717, 1.165) is 25.9 Å². The molecule has 0 saturated carbocycles. The van der Waals surface area contributed by atoms with Crippen molar-refractivity contribution in [1.82, 2.24) is 24.7 Å². The molecule has 0 atom stereocenters. The number of carbonyl (C=O) groups excluding carboxylic acids is 4. The van der Waals surface area contributed by atoms with Crippen LogP contribution in [-0.2, 0) is 14.3 Å². The molecule has 0 unspecified atom stereocenters. The number of rotatable bonds is 5. The lowest BCUT2D eigenvalue weighted by atomic mass is 9.95. The molecule has 0 radical (unpaired) electrons. The van der Waals surface area contributed by atoms with Crippen LogP contribution < -0.4 is 5.32 Å². The standard InChI is InChI=1S/C22H26BrClN6O3.C5H10O2/c1-28-6-4-14(5-7-28)21(32)29-8-10-30(11-9-29)22(33)16-3-2-15(12-17(16)24)26-20(31)19-25-13-18(23)27-19;1-5(2,3)7-4-6/h2-3,12-14H,4-11H2,1H3,(H,25,27)(H,26,31);4H,1-3H3. The molecule has 1 aromatic heterocycles. The number of piperazine rings is 1. The van der Waals surface area contributed by atoms with Gasteiger partial charge in [-0.1, -0.05) is 11.6 Å². The number of aromatic amines is 1. The summed E-state index contributed by atoms with van der Waals surface area (Å²) in [5, 5.41) is 2.95. The SMILES string of the molecule is CC(C)(C)OC=O.CN1CCC(C(=O)N2CCN(C(=O)c3ccc(NC(=O)c4ncc(Br)[nH]4)cc3Cl)CC2)CC1. The molecule has 2 aliphatic rings. The summed E-state index contributed by atoms with van der Waals surface area (Å²) in [6.07, 6.45) is 3.28. The Morgan fingerprint density at radius 3 is 2.23 bits per heavy atom. The summed E-state index contributed by atoms with van der Waals surface area (Å²) in [5.41, 5.74) is 0.509. The predicted molar refractivity (Wildman–Crippen MR) is 155 cm³/mol. The van der Waals surface area contributed by atoms with Crippen LogP contribution in [0.5, 0.6) is 0 Å². The van der Waals surface area contributed by atoms with Crippen molar-refractivity contribution in [3.8, 4) is 0 Å². The van der Waals surface area contributed by atoms with Crippen LogP contribution in [-0.4, -0.2) is 101 Å². The summed E-state index contributed by atoms with van der Waals surface area (Å²) >= 11 is 9.58. The van der Waals surface area contributed by atoms with Crippen LogP contribution >= 0.6 is 27.5 Å². The quantitative estimate of drug-likeness (QED) is 0.478. The fraction of sp³-hybridized carbons (Fsp3) is 0.519. The zero-order valence-corrected chi connectivity index (χ0v) is 25.5. The third-order valence-electron chi connectivity index (χ3n) is 6.57. The van der Waals surface area contributed by atoms with Crippen molar-refractivity contribution in [3.63, 3.8) is 0 Å². The molecule has 2 N–H and O–H groups in total. The minimum Gasteiger partial charge on any atom is -0.462 e. The summed E-state index contributed by atoms with van der Waals surface area (Å²) < 4.78 is 5.15. The second kappa shape index (κ2) is 14.1. The number of anilines is 1. The number of halogens is 2. The van der Waals surface area contributed by atoms with Gasteiger partial charge in [0, 0.05) is 37.8 Å². The van der Waals surface area contributed by atoms with E-state index in [0.29, 0.717) is 48.5 Å². The van der Waals surface area contributed by atoms with Crippen molar-refractivity contribution in [1.29, 1.82) is 0 Å². The van der Waals surface area contributed by atoms with Gasteiger partial charge in [0.1, 0.15) is 10.2 Å². The van der Waals surface area contributed by atoms with Gasteiger partial charge in [-0.25, -0.2) is 4.98 Å². The first kappa shape index (κ1) is 31.6. The van der Waals surface area contributed by atoms with Gasteiger partial charge in [-0.15, -0.1) is 0 Å². The second-order valence-corrected chi connectivity index (χ2v) is 12.0. The lowest BCUT2D eigenvalue weighted by Gasteiger charge is -2.38. The maximum absolute atomic E-state index is 13.0. The number of benzene rings is 1. The Bertz CT molecular complexity index is 1200. The van der Waals surface area contributed by atoms with Crippen LogP contribution in [0.1, 0.15) is 54.6 Å². The molecule has 40 heavy (non-hydrogen) atoms. The number of ether oxygens (including phenoxy) is 1. The molecule has 11 nitrogen and oxygen atoms in total. The molecule has 218 valence electrons. The van der Waals surface area contributed by atoms with Crippen LogP contribution in [0.15, 0.2) is 29.0 Å². The summed E-state index contributed by atoms with van der Waals surface area (Å²) in [7, 11) is 2.08. The molecule has 0 spiro atoms. The highest BCUT2D eigenvalue weighted by Gasteiger charge is 2.31. The van der Waals surface area contributed by atoms with Crippen LogP contribution in [0.25, 0.3) is 0 Å². The first-order valence-corrected chi connectivity index (χ1v) is 14.2. The number of nitrogens with zero attached hydrogens (tertiary/aromatic N) is 4. The number of carbonyl (C=O) groups is 4. The number of H-pyrrole nitrogens is 1. The van der Waals surface area contributed by atoms with E-state index in [2.05, 4.69) is 47.9 Å². The predicted octanol–water partition coefficient (Wildman–Crippen LogP) is 3.66. The van der Waals surface area contributed by atoms with Crippen LogP contribution in [0.2, 0.25) is 5.02 Å². The van der Waals surface area contributed by atoms with E-state index in [1.54, 1.807) is 23.1 Å². The minimum atomic E-state index is -0.416. The van der Waals surface area contributed by atoms with E-state index in [4.69, 9.17) is 11.6 Å². The normalized spacial score (nSPS) is 16.6. The Hall–Kier alpha value is -2.96. The number of nitrogens with one attached hydrogen (secondary N) is 2. The molecular formula is C27H36BrClN6O5. The Labute approximate surface area is 247 Å². The molecule has 2 aliphatic heterocycles. The van der Waals surface area contributed by atoms with E-state index in [1.807, 2.05) is 25.7 Å². The first-order chi connectivity index (χ1) is 18.9. The maximum atomic E-state index is 13.0. The van der Waals surface area contributed by atoms with Gasteiger partial charge in [0.25, 0.3) is 18.3 Å². The fourth-order valence-electron chi connectivity index (χ4n) is 4.33. The number of hydrogen-bond donors (Lipinski definition) is 2. The number of imidazole rings is 1. The molecule has 2 aromatic rings. The highest BCUT2D eigenvalue weighted by atomic mass is 79.9. The van der Waals surface area contributed by atoms with E-state index >= 15 is 0 Å². The lowest BCUT2D eigenvalue weighted by molar-refractivity contribution is -0.139. The summed E-state index contributed by atoms with van der Waals surface area (Å²) in [6, 6.07) is 4.79. The molecule has 3 heterocycles. The molecule has 13 heteroatoms. The van der Waals surface area contributed by atoms with E-state index in [1.165, 1.54) is 6.20 Å². The molecule has 3 amide bonds. The Kier molecular flexibility index (Phi) is 11.1. The summed E-state index contributed by atoms with van der Waals surface area (Å²) in [6.45, 7) is 9.82. The summed E-state index contributed by atoms with van der Waals surface area (Å²) in [5.74, 6) is -0.147. The lowest BCUT2D eigenvalue weighted by Crippen LogP contribution is -2.52. The molecule has 2 saturated heterocycles. The number of aromatic nitrogens is 2. The third-order valence-corrected chi connectivity index (χ3v) is 7.28. The largest absolute Gasteiger partial charge is 0.462 e. The molecule has 0 aliphatic carbocycles. The minimum absolute atomic E-state index is 0.0861. The molecule has 1 aromatic carbocycles. The highest BCUT2D eigenvalue weighted by Crippen LogP contribution is 2.24. The van der Waals surface area contributed by atoms with Crippen molar-refractivity contribution >= 4 is 57.4 Å². The van der Waals surface area contributed by atoms with Gasteiger partial charge in [0.15, 0.2) is 5.82 Å². The van der Waals surface area contributed by atoms with Crippen LogP contribution in [0.4, 0.5) is 5.69 Å². The van der Waals surface area contributed by atoms with Gasteiger partial charge in [0.05, 0.1) is 16.8 Å². The average Bonchev–Trinajstić information content (AvgIpc) is 3.35. The summed E-state index contributed by atoms with van der Waals surface area (Å²) in [4.78, 5) is 60.3. The number of amides is 3. The van der Waals surface area contributed by atoms with Gasteiger partial charge in [0.2, 0.25) is 5.91 Å². The van der Waals surface area contributed by atoms with Crippen molar-refractivity contribution in [2.75, 3.05) is 51.6 Å². The van der Waals surface area contributed by atoms with E-state index in [9.17, 15) is 19.2 Å². The fourth-order valence-corrected chi connectivity index (χ4v) is 4.88. The third kappa shape index (κ3) is 9.03. The second-order valence-electron chi connectivity index (χ2n) is 10.7. The number of hydrogen-bond acceptors (Lipinski definition) is 7. The Morgan fingerprint density at radius 2 is 1.73 bits per heavy atom. The number of likely N-dealkylation sites (tertiary alicyclic amines) is 1. The van der Waals surface area contributed by atoms with Gasteiger partial charge in [-0.05, 0) is 87.9 Å². The number of piperidine rings is 1. The van der Waals surface area contributed by atoms with Crippen molar-refractivity contribution in [2.45, 2.75) is 39.2 Å². The average molecular weight is 640 g/mol. The van der Waals surface area contributed by atoms with Crippen molar-refractivity contribution in [3.05, 3.63) is 45.4 Å². The zero-order valence-electron chi connectivity index (χ0n) is 23.2. The monoisotopic (exact) mass is 638 g/mol. The van der Waals surface area contributed by atoms with Crippen molar-refractivity contribution in [2.24, 2.45) is 5.92 Å². The Balaban J connectivity index is 0.000000559. The molecule has 0 bridgehead atoms. The van der Waals surface area contributed by atoms with Gasteiger partial charge in [-0.3, -0.25) is 19.2 Å². The molecule has 2 fully saturated rings. The van der Waals surface area contributed by atoms with Crippen LogP contribution in [0.3, 0.4) is 0 Å². The topological polar surface area (TPSA) is 128 Å². The van der Waals surface area contributed by atoms with E-state index in [-0.39, 0.29) is 34.2 Å². The van der Waals surface area contributed by atoms with Crippen molar-refractivity contribution < 1.29 is 23.9 Å². The Morgan fingerprint density at radius 1 is 1.10 bits per heavy atom. The van der Waals surface area contributed by atoms with Crippen LogP contribution in [0, 0.1) is 5.92 Å². The highest BCUT2D eigenvalue weighted by molar-refractivity contribution is 9.10. The van der Waals surface area contributed by atoms with Gasteiger partial charge in [-0.2, -0.15) is 0 Å². The van der Waals surface area contributed by atoms with E-state index < -0.39 is 5.91 Å². The first-order valence-electron chi connectivity index (χ1n) is 13.1. The smallest absolute Gasteiger partial charge is 0.293 e. The molecule has 4 rings (SSSR count).